The van der Waals surface area contributed by atoms with Gasteiger partial charge in [0, 0.05) is 11.9 Å². The summed E-state index contributed by atoms with van der Waals surface area (Å²) in [6.45, 7) is 1.83. The van der Waals surface area contributed by atoms with Crippen molar-refractivity contribution in [1.29, 1.82) is 0 Å². The third-order valence-electron chi connectivity index (χ3n) is 2.35. The summed E-state index contributed by atoms with van der Waals surface area (Å²) in [5.41, 5.74) is -0.0530. The number of carbonyl (C=O) groups is 1. The molecule has 2 N–H and O–H groups in total. The number of hydrogen-bond donors (Lipinski definition) is 2. The van der Waals surface area contributed by atoms with Gasteiger partial charge in [-0.1, -0.05) is 0 Å². The molecule has 5 heteroatoms. The van der Waals surface area contributed by atoms with Crippen LogP contribution in [0.3, 0.4) is 0 Å². The summed E-state index contributed by atoms with van der Waals surface area (Å²) in [4.78, 5) is 11.7. The van der Waals surface area contributed by atoms with E-state index in [9.17, 15) is 14.3 Å². The van der Waals surface area contributed by atoms with Crippen LogP contribution in [0.15, 0.2) is 18.2 Å². The van der Waals surface area contributed by atoms with Gasteiger partial charge in [-0.05, 0) is 38.0 Å². The van der Waals surface area contributed by atoms with Gasteiger partial charge in [0.25, 0.3) is 5.91 Å². The first-order valence-corrected chi connectivity index (χ1v) is 5.93. The minimum Gasteiger partial charge on any atom is -0.507 e. The van der Waals surface area contributed by atoms with Crippen LogP contribution in [0.5, 0.6) is 5.75 Å². The molecule has 1 atom stereocenters. The van der Waals surface area contributed by atoms with E-state index in [-0.39, 0.29) is 17.4 Å². The molecular formula is C12H15ClFNO2. The predicted octanol–water partition coefficient (Wildman–Crippen LogP) is 2.67. The van der Waals surface area contributed by atoms with Crippen LogP contribution in [0.1, 0.15) is 30.1 Å². The number of carbonyl (C=O) groups excluding carboxylic acids is 1. The smallest absolute Gasteiger partial charge is 0.255 e. The molecule has 1 unspecified atom stereocenters. The van der Waals surface area contributed by atoms with E-state index in [1.54, 1.807) is 0 Å². The first-order chi connectivity index (χ1) is 8.04. The number of benzene rings is 1. The number of hydrogen-bond acceptors (Lipinski definition) is 2. The summed E-state index contributed by atoms with van der Waals surface area (Å²) < 4.78 is 12.9. The number of amides is 1. The van der Waals surface area contributed by atoms with Gasteiger partial charge in [-0.3, -0.25) is 4.79 Å². The molecule has 0 saturated heterocycles. The molecule has 1 aromatic carbocycles. The van der Waals surface area contributed by atoms with Gasteiger partial charge in [-0.2, -0.15) is 0 Å². The quantitative estimate of drug-likeness (QED) is 0.799. The van der Waals surface area contributed by atoms with Crippen LogP contribution in [0.25, 0.3) is 0 Å². The number of alkyl halides is 1. The van der Waals surface area contributed by atoms with Gasteiger partial charge >= 0.3 is 0 Å². The number of phenols is 1. The fraction of sp³-hybridized carbons (Fsp3) is 0.417. The Morgan fingerprint density at radius 3 is 2.94 bits per heavy atom. The average Bonchev–Trinajstić information content (AvgIpc) is 2.29. The second-order valence-electron chi connectivity index (χ2n) is 3.87. The maximum atomic E-state index is 12.9. The number of aromatic hydroxyl groups is 1. The van der Waals surface area contributed by atoms with E-state index >= 15 is 0 Å². The van der Waals surface area contributed by atoms with Crippen LogP contribution in [0.4, 0.5) is 4.39 Å². The molecule has 0 heterocycles. The zero-order valence-corrected chi connectivity index (χ0v) is 10.3. The third-order valence-corrected chi connectivity index (χ3v) is 2.62. The third kappa shape index (κ3) is 4.23. The van der Waals surface area contributed by atoms with Crippen LogP contribution in [-0.4, -0.2) is 22.9 Å². The maximum Gasteiger partial charge on any atom is 0.255 e. The zero-order chi connectivity index (χ0) is 12.8. The number of phenolic OH excluding ortho intramolecular Hbond substituents is 1. The molecule has 0 spiro atoms. The molecule has 1 aromatic rings. The fourth-order valence-electron chi connectivity index (χ4n) is 1.45. The van der Waals surface area contributed by atoms with Gasteiger partial charge in [0.2, 0.25) is 0 Å². The van der Waals surface area contributed by atoms with Crippen molar-refractivity contribution in [1.82, 2.24) is 5.32 Å². The molecule has 0 radical (unpaired) electrons. The van der Waals surface area contributed by atoms with Crippen LogP contribution in [0, 0.1) is 5.82 Å². The van der Waals surface area contributed by atoms with Crippen molar-refractivity contribution < 1.29 is 14.3 Å². The highest BCUT2D eigenvalue weighted by atomic mass is 35.5. The second kappa shape index (κ2) is 6.45. The molecule has 0 saturated carbocycles. The molecule has 3 nitrogen and oxygen atoms in total. The lowest BCUT2D eigenvalue weighted by molar-refractivity contribution is 0.0935. The standard InChI is InChI=1S/C12H15ClFNO2/c1-8(3-2-6-13)15-12(17)10-7-9(14)4-5-11(10)16/h4-5,7-8,16H,2-3,6H2,1H3,(H,15,17). The minimum absolute atomic E-state index is 0.0530. The lowest BCUT2D eigenvalue weighted by Gasteiger charge is -2.13. The Balaban J connectivity index is 2.66. The van der Waals surface area contributed by atoms with Crippen molar-refractivity contribution in [3.05, 3.63) is 29.6 Å². The monoisotopic (exact) mass is 259 g/mol. The number of nitrogens with one attached hydrogen (secondary N) is 1. The molecule has 1 rings (SSSR count). The lowest BCUT2D eigenvalue weighted by atomic mass is 10.1. The second-order valence-corrected chi connectivity index (χ2v) is 4.25. The molecule has 0 fully saturated rings. The summed E-state index contributed by atoms with van der Waals surface area (Å²) in [6, 6.07) is 3.21. The van der Waals surface area contributed by atoms with Gasteiger partial charge in [-0.25, -0.2) is 4.39 Å². The van der Waals surface area contributed by atoms with Crippen LogP contribution in [0.2, 0.25) is 0 Å². The average molecular weight is 260 g/mol. The predicted molar refractivity (Wildman–Crippen MR) is 64.9 cm³/mol. The van der Waals surface area contributed by atoms with Gasteiger partial charge < -0.3 is 10.4 Å². The molecule has 17 heavy (non-hydrogen) atoms. The molecule has 0 aliphatic heterocycles. The molecule has 0 aromatic heterocycles. The molecule has 0 aliphatic rings. The highest BCUT2D eigenvalue weighted by molar-refractivity contribution is 6.17. The van der Waals surface area contributed by atoms with E-state index in [1.807, 2.05) is 6.92 Å². The first kappa shape index (κ1) is 13.8. The van der Waals surface area contributed by atoms with Crippen molar-refractivity contribution in [2.24, 2.45) is 0 Å². The highest BCUT2D eigenvalue weighted by Crippen LogP contribution is 2.17. The Morgan fingerprint density at radius 1 is 1.59 bits per heavy atom. The van der Waals surface area contributed by atoms with E-state index < -0.39 is 11.7 Å². The normalized spacial score (nSPS) is 12.2. The van der Waals surface area contributed by atoms with E-state index in [0.717, 1.165) is 31.0 Å². The largest absolute Gasteiger partial charge is 0.507 e. The summed E-state index contributed by atoms with van der Waals surface area (Å²) >= 11 is 5.54. The van der Waals surface area contributed by atoms with Crippen LogP contribution < -0.4 is 5.32 Å². The zero-order valence-electron chi connectivity index (χ0n) is 9.54. The maximum absolute atomic E-state index is 12.9. The Morgan fingerprint density at radius 2 is 2.29 bits per heavy atom. The van der Waals surface area contributed by atoms with Crippen LogP contribution >= 0.6 is 11.6 Å². The molecule has 1 amide bonds. The SMILES string of the molecule is CC(CCCCl)NC(=O)c1cc(F)ccc1O. The number of halogens is 2. The molecule has 0 aliphatic carbocycles. The fourth-order valence-corrected chi connectivity index (χ4v) is 1.60. The highest BCUT2D eigenvalue weighted by Gasteiger charge is 2.14. The Bertz CT molecular complexity index is 398. The van der Waals surface area contributed by atoms with Gasteiger partial charge in [0.15, 0.2) is 0 Å². The van der Waals surface area contributed by atoms with E-state index in [1.165, 1.54) is 0 Å². The van der Waals surface area contributed by atoms with E-state index in [2.05, 4.69) is 5.32 Å². The van der Waals surface area contributed by atoms with E-state index in [4.69, 9.17) is 11.6 Å². The lowest BCUT2D eigenvalue weighted by Crippen LogP contribution is -2.32. The van der Waals surface area contributed by atoms with Crippen molar-refractivity contribution in [3.8, 4) is 5.75 Å². The topological polar surface area (TPSA) is 49.3 Å². The van der Waals surface area contributed by atoms with E-state index in [0.29, 0.717) is 5.88 Å². The summed E-state index contributed by atoms with van der Waals surface area (Å²) in [5.74, 6) is -0.732. The minimum atomic E-state index is -0.554. The first-order valence-electron chi connectivity index (χ1n) is 5.40. The Labute approximate surface area is 105 Å². The summed E-state index contributed by atoms with van der Waals surface area (Å²) in [7, 11) is 0. The van der Waals surface area contributed by atoms with Crippen molar-refractivity contribution in [3.63, 3.8) is 0 Å². The van der Waals surface area contributed by atoms with Crippen molar-refractivity contribution >= 4 is 17.5 Å². The molecule has 0 bridgehead atoms. The Kier molecular flexibility index (Phi) is 5.22. The molecule has 94 valence electrons. The number of rotatable bonds is 5. The summed E-state index contributed by atoms with van der Waals surface area (Å²) in [5, 5.41) is 12.1. The van der Waals surface area contributed by atoms with Gasteiger partial charge in [0.05, 0.1) is 5.56 Å². The van der Waals surface area contributed by atoms with Crippen molar-refractivity contribution in [2.75, 3.05) is 5.88 Å². The Hall–Kier alpha value is -1.29. The van der Waals surface area contributed by atoms with Crippen LogP contribution in [-0.2, 0) is 0 Å². The van der Waals surface area contributed by atoms with Crippen molar-refractivity contribution in [2.45, 2.75) is 25.8 Å². The van der Waals surface area contributed by atoms with Gasteiger partial charge in [0.1, 0.15) is 11.6 Å². The van der Waals surface area contributed by atoms with Gasteiger partial charge in [-0.15, -0.1) is 11.6 Å². The molecular weight excluding hydrogens is 245 g/mol. The summed E-state index contributed by atoms with van der Waals surface area (Å²) in [6.07, 6.45) is 1.53.